The minimum absolute atomic E-state index is 0.0339. The number of para-hydroxylation sites is 1. The molecular formula is C23H23ClN2O5S. The van der Waals surface area contributed by atoms with E-state index < -0.39 is 15.9 Å². The maximum Gasteiger partial charge on any atom is 0.261 e. The van der Waals surface area contributed by atoms with Crippen LogP contribution >= 0.6 is 11.6 Å². The number of amides is 1. The number of rotatable bonds is 9. The summed E-state index contributed by atoms with van der Waals surface area (Å²) in [5, 5.41) is 3.06. The first-order chi connectivity index (χ1) is 15.3. The van der Waals surface area contributed by atoms with Crippen molar-refractivity contribution in [1.29, 1.82) is 0 Å². The van der Waals surface area contributed by atoms with Gasteiger partial charge < -0.3 is 14.8 Å². The van der Waals surface area contributed by atoms with E-state index >= 15 is 0 Å². The Hall–Kier alpha value is -3.07. The molecule has 3 aromatic rings. The van der Waals surface area contributed by atoms with Crippen LogP contribution in [-0.2, 0) is 14.8 Å². The smallest absolute Gasteiger partial charge is 0.261 e. The summed E-state index contributed by atoms with van der Waals surface area (Å²) in [7, 11) is -2.33. The fraction of sp³-hybridized carbons (Fsp3) is 0.174. The van der Waals surface area contributed by atoms with Crippen molar-refractivity contribution in [3.05, 3.63) is 82.9 Å². The molecule has 0 fully saturated rings. The third-order valence-electron chi connectivity index (χ3n) is 4.46. The van der Waals surface area contributed by atoms with Crippen molar-refractivity contribution in [2.24, 2.45) is 0 Å². The average Bonchev–Trinajstić information content (AvgIpc) is 2.77. The van der Waals surface area contributed by atoms with Gasteiger partial charge in [-0.15, -0.1) is 0 Å². The van der Waals surface area contributed by atoms with Crippen LogP contribution in [0.2, 0.25) is 5.02 Å². The number of ether oxygens (including phenoxy) is 2. The first-order valence-electron chi connectivity index (χ1n) is 9.71. The zero-order valence-corrected chi connectivity index (χ0v) is 19.2. The molecule has 0 unspecified atom stereocenters. The van der Waals surface area contributed by atoms with Gasteiger partial charge in [0.1, 0.15) is 6.61 Å². The van der Waals surface area contributed by atoms with Crippen LogP contribution < -0.4 is 14.8 Å². The molecule has 0 spiro atoms. The second kappa shape index (κ2) is 10.5. The number of carbonyl (C=O) groups excluding carboxylic acids is 1. The maximum atomic E-state index is 12.8. The minimum atomic E-state index is -3.87. The van der Waals surface area contributed by atoms with Crippen molar-refractivity contribution >= 4 is 38.9 Å². The van der Waals surface area contributed by atoms with E-state index in [9.17, 15) is 13.2 Å². The highest BCUT2D eigenvalue weighted by Gasteiger charge is 2.18. The number of methoxy groups -OCH3 is 1. The van der Waals surface area contributed by atoms with Gasteiger partial charge in [0.15, 0.2) is 5.75 Å². The topological polar surface area (TPSA) is 93.7 Å². The van der Waals surface area contributed by atoms with Crippen molar-refractivity contribution in [2.75, 3.05) is 30.4 Å². The Balaban J connectivity index is 1.80. The third-order valence-corrected chi connectivity index (χ3v) is 6.14. The molecule has 7 nitrogen and oxygen atoms in total. The summed E-state index contributed by atoms with van der Waals surface area (Å²) in [6.45, 7) is 2.52. The van der Waals surface area contributed by atoms with Crippen LogP contribution in [-0.4, -0.2) is 34.6 Å². The number of anilines is 2. The summed E-state index contributed by atoms with van der Waals surface area (Å²) in [6.07, 6.45) is 0. The van der Waals surface area contributed by atoms with Crippen LogP contribution in [0.1, 0.15) is 15.9 Å². The van der Waals surface area contributed by atoms with E-state index in [-0.39, 0.29) is 17.1 Å². The Morgan fingerprint density at radius 3 is 2.44 bits per heavy atom. The molecule has 2 N–H and O–H groups in total. The predicted molar refractivity (Wildman–Crippen MR) is 125 cm³/mol. The van der Waals surface area contributed by atoms with Crippen molar-refractivity contribution in [1.82, 2.24) is 0 Å². The van der Waals surface area contributed by atoms with Gasteiger partial charge >= 0.3 is 0 Å². The number of halogens is 1. The molecule has 3 aromatic carbocycles. The number of benzene rings is 3. The lowest BCUT2D eigenvalue weighted by Crippen LogP contribution is -2.16. The summed E-state index contributed by atoms with van der Waals surface area (Å²) in [4.78, 5) is 12.8. The highest BCUT2D eigenvalue weighted by atomic mass is 35.5. The van der Waals surface area contributed by atoms with Crippen LogP contribution in [0.25, 0.3) is 0 Å². The zero-order valence-electron chi connectivity index (χ0n) is 17.6. The summed E-state index contributed by atoms with van der Waals surface area (Å²) < 4.78 is 38.6. The van der Waals surface area contributed by atoms with Crippen LogP contribution in [0.5, 0.6) is 5.75 Å². The van der Waals surface area contributed by atoms with Crippen LogP contribution in [0.15, 0.2) is 71.6 Å². The highest BCUT2D eigenvalue weighted by molar-refractivity contribution is 7.92. The Morgan fingerprint density at radius 1 is 1.00 bits per heavy atom. The fourth-order valence-electron chi connectivity index (χ4n) is 2.82. The third kappa shape index (κ3) is 6.00. The summed E-state index contributed by atoms with van der Waals surface area (Å²) in [6, 6.07) is 17.7. The van der Waals surface area contributed by atoms with Crippen LogP contribution in [0, 0.1) is 6.92 Å². The lowest BCUT2D eigenvalue weighted by molar-refractivity contribution is 0.102. The average molecular weight is 475 g/mol. The molecular weight excluding hydrogens is 452 g/mol. The Morgan fingerprint density at radius 2 is 1.72 bits per heavy atom. The fourth-order valence-corrected chi connectivity index (χ4v) is 4.15. The van der Waals surface area contributed by atoms with Crippen molar-refractivity contribution < 1.29 is 22.7 Å². The normalized spacial score (nSPS) is 11.1. The summed E-state index contributed by atoms with van der Waals surface area (Å²) >= 11 is 6.20. The van der Waals surface area contributed by atoms with E-state index in [1.54, 1.807) is 49.6 Å². The second-order valence-corrected chi connectivity index (χ2v) is 9.00. The molecule has 0 atom stereocenters. The van der Waals surface area contributed by atoms with Gasteiger partial charge in [-0.2, -0.15) is 0 Å². The monoisotopic (exact) mass is 474 g/mol. The first kappa shape index (κ1) is 23.6. The molecule has 0 saturated heterocycles. The van der Waals surface area contributed by atoms with Gasteiger partial charge in [-0.25, -0.2) is 8.42 Å². The van der Waals surface area contributed by atoms with E-state index in [0.717, 1.165) is 5.56 Å². The Bertz CT molecular complexity index is 1200. The molecule has 0 saturated carbocycles. The van der Waals surface area contributed by atoms with Gasteiger partial charge in [-0.05, 0) is 49.4 Å². The molecule has 3 rings (SSSR count). The lowest BCUT2D eigenvalue weighted by Gasteiger charge is -2.14. The van der Waals surface area contributed by atoms with Crippen LogP contribution in [0.3, 0.4) is 0 Å². The quantitative estimate of drug-likeness (QED) is 0.437. The van der Waals surface area contributed by atoms with E-state index in [2.05, 4.69) is 10.0 Å². The number of hydrogen-bond donors (Lipinski definition) is 2. The minimum Gasteiger partial charge on any atom is -0.487 e. The molecule has 1 amide bonds. The molecule has 0 aliphatic carbocycles. The Labute approximate surface area is 192 Å². The van der Waals surface area contributed by atoms with E-state index in [1.165, 1.54) is 24.3 Å². The number of nitrogens with one attached hydrogen (secondary N) is 2. The largest absolute Gasteiger partial charge is 0.487 e. The molecule has 0 aliphatic rings. The summed E-state index contributed by atoms with van der Waals surface area (Å²) in [5.41, 5.74) is 1.98. The van der Waals surface area contributed by atoms with Gasteiger partial charge in [0.25, 0.3) is 15.9 Å². The first-order valence-corrected chi connectivity index (χ1v) is 11.6. The molecule has 32 heavy (non-hydrogen) atoms. The lowest BCUT2D eigenvalue weighted by atomic mass is 10.2. The Kier molecular flexibility index (Phi) is 7.74. The van der Waals surface area contributed by atoms with E-state index in [1.807, 2.05) is 6.92 Å². The SMILES string of the molecule is COCCOc1c(Cl)cccc1NC(=O)c1cccc(S(=O)(=O)Nc2ccc(C)cc2)c1. The molecule has 0 radical (unpaired) electrons. The molecule has 0 bridgehead atoms. The number of carbonyl (C=O) groups is 1. The maximum absolute atomic E-state index is 12.8. The van der Waals surface area contributed by atoms with Crippen molar-refractivity contribution in [3.63, 3.8) is 0 Å². The molecule has 0 aliphatic heterocycles. The van der Waals surface area contributed by atoms with Gasteiger partial charge in [0, 0.05) is 18.4 Å². The van der Waals surface area contributed by atoms with Gasteiger partial charge in [0.05, 0.1) is 22.2 Å². The van der Waals surface area contributed by atoms with E-state index in [4.69, 9.17) is 21.1 Å². The molecule has 0 aromatic heterocycles. The zero-order chi connectivity index (χ0) is 23.1. The summed E-state index contributed by atoms with van der Waals surface area (Å²) in [5.74, 6) is -0.194. The number of aryl methyl sites for hydroxylation is 1. The molecule has 9 heteroatoms. The predicted octanol–water partition coefficient (Wildman–Crippen LogP) is 4.73. The standard InChI is InChI=1S/C23H23ClN2O5S/c1-16-9-11-18(12-10-16)26-32(28,29)19-6-3-5-17(15-19)23(27)25-21-8-4-7-20(24)22(21)31-14-13-30-2/h3-12,15,26H,13-14H2,1-2H3,(H,25,27). The second-order valence-electron chi connectivity index (χ2n) is 6.91. The number of sulfonamides is 1. The number of hydrogen-bond acceptors (Lipinski definition) is 5. The van der Waals surface area contributed by atoms with Gasteiger partial charge in [0.2, 0.25) is 0 Å². The van der Waals surface area contributed by atoms with E-state index in [0.29, 0.717) is 28.8 Å². The molecule has 0 heterocycles. The van der Waals surface area contributed by atoms with Gasteiger partial charge in [-0.1, -0.05) is 41.4 Å². The van der Waals surface area contributed by atoms with Crippen molar-refractivity contribution in [3.8, 4) is 5.75 Å². The van der Waals surface area contributed by atoms with Gasteiger partial charge in [-0.3, -0.25) is 9.52 Å². The van der Waals surface area contributed by atoms with Crippen molar-refractivity contribution in [2.45, 2.75) is 11.8 Å². The molecule has 168 valence electrons. The highest BCUT2D eigenvalue weighted by Crippen LogP contribution is 2.33. The van der Waals surface area contributed by atoms with Crippen LogP contribution in [0.4, 0.5) is 11.4 Å².